The van der Waals surface area contributed by atoms with Crippen molar-refractivity contribution in [2.45, 2.75) is 6.92 Å². The van der Waals surface area contributed by atoms with Crippen LogP contribution in [0.4, 0.5) is 5.13 Å². The first-order valence-corrected chi connectivity index (χ1v) is 9.75. The molecule has 0 bridgehead atoms. The van der Waals surface area contributed by atoms with E-state index < -0.39 is 0 Å². The van der Waals surface area contributed by atoms with Crippen molar-refractivity contribution in [2.24, 2.45) is 0 Å². The average Bonchev–Trinajstić information content (AvgIpc) is 3.47. The quantitative estimate of drug-likeness (QED) is 0.527. The van der Waals surface area contributed by atoms with E-state index in [1.807, 2.05) is 53.9 Å². The first kappa shape index (κ1) is 17.4. The molecule has 8 heteroatoms. The van der Waals surface area contributed by atoms with Crippen LogP contribution in [-0.2, 0) is 0 Å². The van der Waals surface area contributed by atoms with E-state index in [0.717, 1.165) is 16.8 Å². The fraction of sp³-hybridized carbons (Fsp3) is 0.0952. The van der Waals surface area contributed by atoms with E-state index in [1.54, 1.807) is 6.92 Å². The van der Waals surface area contributed by atoms with Crippen molar-refractivity contribution >= 4 is 22.4 Å². The fourth-order valence-electron chi connectivity index (χ4n) is 3.11. The smallest absolute Gasteiger partial charge is 0.263 e. The van der Waals surface area contributed by atoms with Gasteiger partial charge in [0, 0.05) is 16.5 Å². The van der Waals surface area contributed by atoms with Gasteiger partial charge in [0.05, 0.1) is 5.69 Å². The molecule has 7 nitrogen and oxygen atoms in total. The first-order chi connectivity index (χ1) is 14.2. The Morgan fingerprint density at radius 2 is 1.90 bits per heavy atom. The van der Waals surface area contributed by atoms with Crippen molar-refractivity contribution in [3.63, 3.8) is 0 Å². The monoisotopic (exact) mass is 405 g/mol. The maximum Gasteiger partial charge on any atom is 0.263 e. The predicted octanol–water partition coefficient (Wildman–Crippen LogP) is 4.75. The van der Waals surface area contributed by atoms with Gasteiger partial charge in [0.2, 0.25) is 6.79 Å². The standard InChI is InChI=1S/C21H15N3O4S/c1-12-18(19(24-28-12)13-5-3-2-4-6-13)20(25)23-21-22-15(10-29-21)14-7-8-16-17(9-14)27-11-26-16/h2-10H,11H2,1H3,(H,22,23,25). The second kappa shape index (κ2) is 7.06. The normalized spacial score (nSPS) is 12.2. The summed E-state index contributed by atoms with van der Waals surface area (Å²) >= 11 is 1.34. The van der Waals surface area contributed by atoms with Crippen LogP contribution in [0.15, 0.2) is 58.4 Å². The summed E-state index contributed by atoms with van der Waals surface area (Å²) in [6.07, 6.45) is 0. The maximum atomic E-state index is 12.9. The number of ether oxygens (including phenoxy) is 2. The molecule has 144 valence electrons. The molecule has 1 aliphatic heterocycles. The number of carbonyl (C=O) groups is 1. The number of anilines is 1. The first-order valence-electron chi connectivity index (χ1n) is 8.87. The number of hydrogen-bond donors (Lipinski definition) is 1. The summed E-state index contributed by atoms with van der Waals surface area (Å²) in [4.78, 5) is 17.4. The molecule has 1 aliphatic rings. The molecule has 0 saturated carbocycles. The number of thiazole rings is 1. The highest BCUT2D eigenvalue weighted by atomic mass is 32.1. The van der Waals surface area contributed by atoms with Gasteiger partial charge in [-0.3, -0.25) is 10.1 Å². The zero-order chi connectivity index (χ0) is 19.8. The molecular weight excluding hydrogens is 390 g/mol. The Morgan fingerprint density at radius 1 is 1.07 bits per heavy atom. The Balaban J connectivity index is 1.40. The lowest BCUT2D eigenvalue weighted by Gasteiger charge is -2.03. The molecule has 0 fully saturated rings. The third-order valence-corrected chi connectivity index (χ3v) is 5.29. The number of aromatic nitrogens is 2. The molecule has 0 atom stereocenters. The molecule has 0 radical (unpaired) electrons. The number of amides is 1. The zero-order valence-electron chi connectivity index (χ0n) is 15.3. The molecule has 1 N–H and O–H groups in total. The number of nitrogens with one attached hydrogen (secondary N) is 1. The molecule has 2 aromatic heterocycles. The minimum atomic E-state index is -0.311. The Kier molecular flexibility index (Phi) is 4.25. The maximum absolute atomic E-state index is 12.9. The highest BCUT2D eigenvalue weighted by Gasteiger charge is 2.23. The van der Waals surface area contributed by atoms with Gasteiger partial charge in [0.25, 0.3) is 5.91 Å². The third-order valence-electron chi connectivity index (χ3n) is 4.53. The van der Waals surface area contributed by atoms with Crippen molar-refractivity contribution < 1.29 is 18.8 Å². The summed E-state index contributed by atoms with van der Waals surface area (Å²) < 4.78 is 16.0. The minimum absolute atomic E-state index is 0.221. The topological polar surface area (TPSA) is 86.5 Å². The van der Waals surface area contributed by atoms with Crippen molar-refractivity contribution in [2.75, 3.05) is 12.1 Å². The van der Waals surface area contributed by atoms with Gasteiger partial charge in [-0.05, 0) is 25.1 Å². The minimum Gasteiger partial charge on any atom is -0.454 e. The van der Waals surface area contributed by atoms with E-state index >= 15 is 0 Å². The number of aryl methyl sites for hydroxylation is 1. The molecule has 5 rings (SSSR count). The summed E-state index contributed by atoms with van der Waals surface area (Å²) in [7, 11) is 0. The van der Waals surface area contributed by atoms with Crippen LogP contribution < -0.4 is 14.8 Å². The van der Waals surface area contributed by atoms with E-state index in [1.165, 1.54) is 11.3 Å². The number of carbonyl (C=O) groups excluding carboxylic acids is 1. The average molecular weight is 405 g/mol. The second-order valence-corrected chi connectivity index (χ2v) is 7.25. The lowest BCUT2D eigenvalue weighted by atomic mass is 10.1. The number of hydrogen-bond acceptors (Lipinski definition) is 7. The molecule has 0 saturated heterocycles. The van der Waals surface area contributed by atoms with Crippen LogP contribution >= 0.6 is 11.3 Å². The molecular formula is C21H15N3O4S. The van der Waals surface area contributed by atoms with Crippen molar-refractivity contribution in [3.05, 3.63) is 65.2 Å². The van der Waals surface area contributed by atoms with Crippen LogP contribution in [0.2, 0.25) is 0 Å². The van der Waals surface area contributed by atoms with Gasteiger partial charge in [0.1, 0.15) is 17.0 Å². The van der Waals surface area contributed by atoms with Gasteiger partial charge in [-0.2, -0.15) is 0 Å². The van der Waals surface area contributed by atoms with E-state index in [4.69, 9.17) is 14.0 Å². The van der Waals surface area contributed by atoms with Gasteiger partial charge in [0.15, 0.2) is 16.6 Å². The van der Waals surface area contributed by atoms with Gasteiger partial charge in [-0.25, -0.2) is 4.98 Å². The summed E-state index contributed by atoms with van der Waals surface area (Å²) in [6, 6.07) is 15.1. The van der Waals surface area contributed by atoms with Crippen LogP contribution in [0.25, 0.3) is 22.5 Å². The largest absolute Gasteiger partial charge is 0.454 e. The Morgan fingerprint density at radius 3 is 2.76 bits per heavy atom. The highest BCUT2D eigenvalue weighted by Crippen LogP contribution is 2.36. The van der Waals surface area contributed by atoms with E-state index in [-0.39, 0.29) is 12.7 Å². The van der Waals surface area contributed by atoms with Crippen molar-refractivity contribution in [1.29, 1.82) is 0 Å². The number of nitrogens with zero attached hydrogens (tertiary/aromatic N) is 2. The molecule has 2 aromatic carbocycles. The Bertz CT molecular complexity index is 1200. The zero-order valence-corrected chi connectivity index (χ0v) is 16.2. The van der Waals surface area contributed by atoms with Gasteiger partial charge < -0.3 is 14.0 Å². The van der Waals surface area contributed by atoms with Crippen LogP contribution in [0.3, 0.4) is 0 Å². The molecule has 0 spiro atoms. The van der Waals surface area contributed by atoms with Crippen molar-refractivity contribution in [3.8, 4) is 34.0 Å². The summed E-state index contributed by atoms with van der Waals surface area (Å²) in [5.41, 5.74) is 3.35. The van der Waals surface area contributed by atoms with E-state index in [0.29, 0.717) is 33.6 Å². The predicted molar refractivity (Wildman–Crippen MR) is 108 cm³/mol. The van der Waals surface area contributed by atoms with E-state index in [2.05, 4.69) is 15.5 Å². The summed E-state index contributed by atoms with van der Waals surface area (Å²) in [5, 5.41) is 9.28. The molecule has 4 aromatic rings. The third kappa shape index (κ3) is 3.23. The number of rotatable bonds is 4. The van der Waals surface area contributed by atoms with Crippen LogP contribution in [0.5, 0.6) is 11.5 Å². The Labute approximate surface area is 169 Å². The molecule has 29 heavy (non-hydrogen) atoms. The van der Waals surface area contributed by atoms with Gasteiger partial charge >= 0.3 is 0 Å². The van der Waals surface area contributed by atoms with Gasteiger partial charge in [-0.1, -0.05) is 35.5 Å². The molecule has 0 unspecified atom stereocenters. The van der Waals surface area contributed by atoms with Gasteiger partial charge in [-0.15, -0.1) is 11.3 Å². The number of fused-ring (bicyclic) bond motifs is 1. The SMILES string of the molecule is Cc1onc(-c2ccccc2)c1C(=O)Nc1nc(-c2ccc3c(c2)OCO3)cs1. The van der Waals surface area contributed by atoms with E-state index in [9.17, 15) is 4.79 Å². The van der Waals surface area contributed by atoms with Crippen LogP contribution in [0, 0.1) is 6.92 Å². The Hall–Kier alpha value is -3.65. The van der Waals surface area contributed by atoms with Crippen molar-refractivity contribution in [1.82, 2.24) is 10.1 Å². The molecule has 3 heterocycles. The van der Waals surface area contributed by atoms with Crippen LogP contribution in [0.1, 0.15) is 16.1 Å². The summed E-state index contributed by atoms with van der Waals surface area (Å²) in [5.74, 6) is 1.55. The lowest BCUT2D eigenvalue weighted by molar-refractivity contribution is 0.102. The van der Waals surface area contributed by atoms with Crippen LogP contribution in [-0.4, -0.2) is 22.8 Å². The molecule has 0 aliphatic carbocycles. The second-order valence-electron chi connectivity index (χ2n) is 6.39. The molecule has 1 amide bonds. The lowest BCUT2D eigenvalue weighted by Crippen LogP contribution is -2.13. The number of benzene rings is 2. The summed E-state index contributed by atoms with van der Waals surface area (Å²) in [6.45, 7) is 1.94. The fourth-order valence-corrected chi connectivity index (χ4v) is 3.83. The highest BCUT2D eigenvalue weighted by molar-refractivity contribution is 7.14.